The molecule has 0 unspecified atom stereocenters. The number of benzene rings is 1. The van der Waals surface area contributed by atoms with Gasteiger partial charge in [-0.1, -0.05) is 41.3 Å². The molecule has 0 fully saturated rings. The zero-order valence-corrected chi connectivity index (χ0v) is 14.1. The minimum absolute atomic E-state index is 0.0496. The smallest absolute Gasteiger partial charge is 0.237 e. The molecule has 2 N–H and O–H groups in total. The minimum Gasteiger partial charge on any atom is -0.357 e. The second-order valence-electron chi connectivity index (χ2n) is 4.66. The lowest BCUT2D eigenvalue weighted by Crippen LogP contribution is -2.22. The summed E-state index contributed by atoms with van der Waals surface area (Å²) < 4.78 is 0.762. The largest absolute Gasteiger partial charge is 0.357 e. The van der Waals surface area contributed by atoms with Crippen LogP contribution >= 0.6 is 23.1 Å². The van der Waals surface area contributed by atoms with Crippen molar-refractivity contribution < 1.29 is 4.79 Å². The van der Waals surface area contributed by atoms with Crippen LogP contribution in [0.15, 0.2) is 41.3 Å². The normalized spacial score (nSPS) is 11.7. The Hall–Kier alpha value is -1.86. The number of carbonyl (C=O) groups excluding carboxylic acids is 1. The highest BCUT2D eigenvalue weighted by atomic mass is 32.2. The molecule has 0 bridgehead atoms. The predicted octanol–water partition coefficient (Wildman–Crippen LogP) is 3.56. The lowest BCUT2D eigenvalue weighted by atomic mass is 10.2. The van der Waals surface area contributed by atoms with Crippen LogP contribution in [0.4, 0.5) is 10.8 Å². The van der Waals surface area contributed by atoms with Gasteiger partial charge in [-0.3, -0.25) is 4.79 Å². The van der Waals surface area contributed by atoms with Crippen molar-refractivity contribution in [2.45, 2.75) is 23.4 Å². The van der Waals surface area contributed by atoms with Gasteiger partial charge < -0.3 is 10.6 Å². The molecule has 0 aliphatic rings. The van der Waals surface area contributed by atoms with Gasteiger partial charge in [-0.25, -0.2) is 0 Å². The van der Waals surface area contributed by atoms with Crippen LogP contribution in [-0.2, 0) is 4.79 Å². The first-order valence-electron chi connectivity index (χ1n) is 6.81. The van der Waals surface area contributed by atoms with Crippen LogP contribution < -0.4 is 10.6 Å². The number of anilines is 2. The van der Waals surface area contributed by atoms with E-state index in [2.05, 4.69) is 27.4 Å². The first-order chi connectivity index (χ1) is 10.6. The quantitative estimate of drug-likeness (QED) is 0.598. The number of thioether (sulfide) groups is 1. The molecule has 1 heterocycles. The molecule has 0 saturated heterocycles. The van der Waals surface area contributed by atoms with Gasteiger partial charge in [0.2, 0.25) is 11.0 Å². The van der Waals surface area contributed by atoms with E-state index < -0.39 is 0 Å². The molecule has 1 aromatic carbocycles. The molecule has 1 atom stereocenters. The fraction of sp³-hybridized carbons (Fsp3) is 0.267. The van der Waals surface area contributed by atoms with Gasteiger partial charge in [0.1, 0.15) is 0 Å². The molecule has 2 aromatic rings. The van der Waals surface area contributed by atoms with Crippen molar-refractivity contribution in [2.75, 3.05) is 17.2 Å². The van der Waals surface area contributed by atoms with Crippen LogP contribution in [-0.4, -0.2) is 27.9 Å². The number of carbonyl (C=O) groups is 1. The van der Waals surface area contributed by atoms with Gasteiger partial charge in [0.05, 0.1) is 5.25 Å². The first-order valence-corrected chi connectivity index (χ1v) is 8.50. The number of hydrogen-bond donors (Lipinski definition) is 2. The highest BCUT2D eigenvalue weighted by Gasteiger charge is 2.17. The summed E-state index contributed by atoms with van der Waals surface area (Å²) in [6, 6.07) is 7.74. The van der Waals surface area contributed by atoms with E-state index in [1.807, 2.05) is 38.1 Å². The number of aryl methyl sites for hydroxylation is 1. The van der Waals surface area contributed by atoms with Crippen LogP contribution in [0.1, 0.15) is 12.5 Å². The molecule has 0 saturated carbocycles. The van der Waals surface area contributed by atoms with E-state index >= 15 is 0 Å². The van der Waals surface area contributed by atoms with Crippen molar-refractivity contribution in [3.05, 3.63) is 42.5 Å². The van der Waals surface area contributed by atoms with Crippen LogP contribution in [0.2, 0.25) is 0 Å². The van der Waals surface area contributed by atoms with E-state index in [1.54, 1.807) is 6.08 Å². The first kappa shape index (κ1) is 16.5. The highest BCUT2D eigenvalue weighted by molar-refractivity contribution is 8.02. The fourth-order valence-electron chi connectivity index (χ4n) is 1.66. The van der Waals surface area contributed by atoms with Crippen molar-refractivity contribution in [1.29, 1.82) is 0 Å². The number of aromatic nitrogens is 2. The zero-order valence-electron chi connectivity index (χ0n) is 12.5. The molecule has 0 aliphatic heterocycles. The van der Waals surface area contributed by atoms with Crippen molar-refractivity contribution in [3.8, 4) is 0 Å². The summed E-state index contributed by atoms with van der Waals surface area (Å²) in [5.41, 5.74) is 1.92. The Morgan fingerprint density at radius 1 is 1.50 bits per heavy atom. The van der Waals surface area contributed by atoms with Crippen molar-refractivity contribution in [3.63, 3.8) is 0 Å². The Bertz CT molecular complexity index is 656. The molecule has 22 heavy (non-hydrogen) atoms. The lowest BCUT2D eigenvalue weighted by Gasteiger charge is -2.10. The summed E-state index contributed by atoms with van der Waals surface area (Å²) in [6.07, 6.45) is 1.76. The van der Waals surface area contributed by atoms with Crippen molar-refractivity contribution in [1.82, 2.24) is 10.2 Å². The number of amides is 1. The summed E-state index contributed by atoms with van der Waals surface area (Å²) in [7, 11) is 0. The van der Waals surface area contributed by atoms with Crippen molar-refractivity contribution >= 4 is 39.8 Å². The van der Waals surface area contributed by atoms with Crippen LogP contribution in [0, 0.1) is 6.92 Å². The van der Waals surface area contributed by atoms with Crippen molar-refractivity contribution in [2.24, 2.45) is 0 Å². The molecular formula is C15H18N4OS2. The fourth-order valence-corrected chi connectivity index (χ4v) is 3.56. The minimum atomic E-state index is -0.249. The maximum atomic E-state index is 12.2. The van der Waals surface area contributed by atoms with E-state index in [0.29, 0.717) is 6.54 Å². The Labute approximate surface area is 138 Å². The van der Waals surface area contributed by atoms with Crippen LogP contribution in [0.3, 0.4) is 0 Å². The average Bonchev–Trinajstić information content (AvgIpc) is 2.92. The maximum absolute atomic E-state index is 12.2. The highest BCUT2D eigenvalue weighted by Crippen LogP contribution is 2.29. The molecule has 7 heteroatoms. The van der Waals surface area contributed by atoms with Gasteiger partial charge in [-0.05, 0) is 31.5 Å². The van der Waals surface area contributed by atoms with Gasteiger partial charge in [0, 0.05) is 12.2 Å². The standard InChI is InChI=1S/C15H18N4OS2/c1-4-8-16-14-18-19-15(22-14)21-11(3)13(20)17-12-7-5-6-10(2)9-12/h4-7,9,11H,1,8H2,2-3H3,(H,16,18)(H,17,20)/t11-/m1/s1. The molecule has 0 aliphatic carbocycles. The molecule has 116 valence electrons. The Balaban J connectivity index is 1.90. The number of hydrogen-bond acceptors (Lipinski definition) is 6. The Kier molecular flexibility index (Phi) is 5.97. The van der Waals surface area contributed by atoms with Gasteiger partial charge >= 0.3 is 0 Å². The SMILES string of the molecule is C=CCNc1nnc(S[C@H](C)C(=O)Nc2cccc(C)c2)s1. The molecule has 2 rings (SSSR count). The van der Waals surface area contributed by atoms with E-state index in [9.17, 15) is 4.79 Å². The van der Waals surface area contributed by atoms with Gasteiger partial charge in [0.15, 0.2) is 4.34 Å². The van der Waals surface area contributed by atoms with E-state index in [0.717, 1.165) is 20.7 Å². The van der Waals surface area contributed by atoms with E-state index in [4.69, 9.17) is 0 Å². The summed E-state index contributed by atoms with van der Waals surface area (Å²) in [5, 5.41) is 14.6. The van der Waals surface area contributed by atoms with Crippen LogP contribution in [0.25, 0.3) is 0 Å². The topological polar surface area (TPSA) is 66.9 Å². The molecule has 1 amide bonds. The predicted molar refractivity (Wildman–Crippen MR) is 93.7 cm³/mol. The molecule has 0 spiro atoms. The third-order valence-electron chi connectivity index (χ3n) is 2.74. The molecule has 1 aromatic heterocycles. The summed E-state index contributed by atoms with van der Waals surface area (Å²) in [5.74, 6) is -0.0496. The molecule has 5 nitrogen and oxygen atoms in total. The summed E-state index contributed by atoms with van der Waals surface area (Å²) in [6.45, 7) is 8.13. The molecule has 0 radical (unpaired) electrons. The number of nitrogens with one attached hydrogen (secondary N) is 2. The zero-order chi connectivity index (χ0) is 15.9. The van der Waals surface area contributed by atoms with Crippen LogP contribution in [0.5, 0.6) is 0 Å². The average molecular weight is 334 g/mol. The monoisotopic (exact) mass is 334 g/mol. The number of rotatable bonds is 7. The summed E-state index contributed by atoms with van der Waals surface area (Å²) in [4.78, 5) is 12.2. The molecular weight excluding hydrogens is 316 g/mol. The van der Waals surface area contributed by atoms with Gasteiger partial charge in [0.25, 0.3) is 0 Å². The second kappa shape index (κ2) is 7.95. The van der Waals surface area contributed by atoms with Gasteiger partial charge in [-0.2, -0.15) is 0 Å². The Morgan fingerprint density at radius 2 is 2.32 bits per heavy atom. The number of nitrogens with zero attached hydrogens (tertiary/aromatic N) is 2. The third kappa shape index (κ3) is 4.85. The van der Waals surface area contributed by atoms with E-state index in [-0.39, 0.29) is 11.2 Å². The van der Waals surface area contributed by atoms with E-state index in [1.165, 1.54) is 23.1 Å². The second-order valence-corrected chi connectivity index (χ2v) is 7.23. The lowest BCUT2D eigenvalue weighted by molar-refractivity contribution is -0.115. The maximum Gasteiger partial charge on any atom is 0.237 e. The third-order valence-corrected chi connectivity index (χ3v) is 4.80. The Morgan fingerprint density at radius 3 is 3.05 bits per heavy atom. The van der Waals surface area contributed by atoms with Gasteiger partial charge in [-0.15, -0.1) is 16.8 Å². The summed E-state index contributed by atoms with van der Waals surface area (Å²) >= 11 is 2.83.